The number of nitrogens with one attached hydrogen (secondary N) is 4. The summed E-state index contributed by atoms with van der Waals surface area (Å²) in [6, 6.07) is 2.11. The highest BCUT2D eigenvalue weighted by Gasteiger charge is 2.18. The average Bonchev–Trinajstić information content (AvgIpc) is 3.21. The number of hydrogen-bond acceptors (Lipinski definition) is 8. The minimum absolute atomic E-state index is 0.0343. The molecule has 0 spiro atoms. The van der Waals surface area contributed by atoms with Gasteiger partial charge < -0.3 is 26.0 Å². The summed E-state index contributed by atoms with van der Waals surface area (Å²) in [5.41, 5.74) is 3.09. The normalized spacial score (nSPS) is 18.1. The Hall–Kier alpha value is -2.78. The van der Waals surface area contributed by atoms with E-state index in [2.05, 4.69) is 30.9 Å². The summed E-state index contributed by atoms with van der Waals surface area (Å²) in [5.74, 6) is 1.22. The molecule has 28 heavy (non-hydrogen) atoms. The maximum Gasteiger partial charge on any atom is 0.224 e. The van der Waals surface area contributed by atoms with Crippen LogP contribution in [0, 0.1) is 0 Å². The predicted molar refractivity (Wildman–Crippen MR) is 109 cm³/mol. The number of aliphatic hydroxyl groups excluding tert-OH is 1. The van der Waals surface area contributed by atoms with Gasteiger partial charge in [-0.1, -0.05) is 6.92 Å². The lowest BCUT2D eigenvalue weighted by Gasteiger charge is -2.25. The fourth-order valence-corrected chi connectivity index (χ4v) is 3.34. The van der Waals surface area contributed by atoms with Crippen molar-refractivity contribution in [2.75, 3.05) is 30.3 Å². The van der Waals surface area contributed by atoms with Crippen LogP contribution in [0.5, 0.6) is 0 Å². The van der Waals surface area contributed by atoms with Gasteiger partial charge in [0.15, 0.2) is 5.65 Å². The molecule has 2 atom stereocenters. The fourth-order valence-electron chi connectivity index (χ4n) is 3.34. The molecule has 1 fully saturated rings. The first-order valence-electron chi connectivity index (χ1n) is 9.79. The van der Waals surface area contributed by atoms with E-state index in [-0.39, 0.29) is 12.6 Å². The van der Waals surface area contributed by atoms with E-state index in [1.54, 1.807) is 12.4 Å². The summed E-state index contributed by atoms with van der Waals surface area (Å²) in [6.45, 7) is 3.98. The minimum atomic E-state index is -0.0777. The van der Waals surface area contributed by atoms with E-state index in [0.717, 1.165) is 60.6 Å². The monoisotopic (exact) mass is 382 g/mol. The van der Waals surface area contributed by atoms with E-state index in [1.807, 2.05) is 19.2 Å². The zero-order valence-electron chi connectivity index (χ0n) is 15.9. The van der Waals surface area contributed by atoms with E-state index < -0.39 is 0 Å². The zero-order chi connectivity index (χ0) is 19.3. The molecular formula is C19H26N8O. The molecule has 148 valence electrons. The fraction of sp³-hybridized carbons (Fsp3) is 0.474. The van der Waals surface area contributed by atoms with Crippen molar-refractivity contribution in [2.24, 2.45) is 0 Å². The lowest BCUT2D eigenvalue weighted by Crippen LogP contribution is -2.38. The van der Waals surface area contributed by atoms with Crippen LogP contribution in [0.15, 0.2) is 24.7 Å². The number of fused-ring (bicyclic) bond motifs is 1. The van der Waals surface area contributed by atoms with E-state index in [9.17, 15) is 5.11 Å². The third kappa shape index (κ3) is 4.05. The molecule has 0 radical (unpaired) electrons. The maximum atomic E-state index is 9.47. The summed E-state index contributed by atoms with van der Waals surface area (Å²) < 4.78 is 0. The molecule has 5 N–H and O–H groups in total. The summed E-state index contributed by atoms with van der Waals surface area (Å²) in [4.78, 5) is 21.3. The van der Waals surface area contributed by atoms with Crippen LogP contribution in [0.4, 0.5) is 11.8 Å². The third-order valence-electron chi connectivity index (χ3n) is 5.01. The van der Waals surface area contributed by atoms with Crippen LogP contribution < -0.4 is 16.0 Å². The second-order valence-corrected chi connectivity index (χ2v) is 7.04. The molecule has 0 amide bonds. The first-order chi connectivity index (χ1) is 13.8. The quantitative estimate of drug-likeness (QED) is 0.419. The number of nitrogens with zero attached hydrogens (tertiary/aromatic N) is 4. The summed E-state index contributed by atoms with van der Waals surface area (Å²) in [7, 11) is 0. The van der Waals surface area contributed by atoms with Gasteiger partial charge in [0.2, 0.25) is 5.95 Å². The molecule has 0 aliphatic carbocycles. The van der Waals surface area contributed by atoms with Crippen molar-refractivity contribution in [3.05, 3.63) is 24.7 Å². The number of H-pyrrole nitrogens is 1. The molecule has 0 bridgehead atoms. The highest BCUT2D eigenvalue weighted by atomic mass is 16.3. The molecule has 0 saturated carbocycles. The van der Waals surface area contributed by atoms with Crippen molar-refractivity contribution < 1.29 is 5.11 Å². The van der Waals surface area contributed by atoms with E-state index in [4.69, 9.17) is 9.97 Å². The lowest BCUT2D eigenvalue weighted by molar-refractivity contribution is 0.271. The van der Waals surface area contributed by atoms with Crippen LogP contribution >= 0.6 is 0 Å². The molecule has 1 aliphatic rings. The van der Waals surface area contributed by atoms with Crippen LogP contribution in [0.2, 0.25) is 0 Å². The summed E-state index contributed by atoms with van der Waals surface area (Å²) in [5, 5.41) is 19.6. The van der Waals surface area contributed by atoms with Gasteiger partial charge in [-0.05, 0) is 31.9 Å². The minimum Gasteiger partial charge on any atom is -0.394 e. The molecule has 4 heterocycles. The van der Waals surface area contributed by atoms with Crippen LogP contribution in [0.25, 0.3) is 22.4 Å². The first kappa shape index (κ1) is 18.6. The van der Waals surface area contributed by atoms with Crippen molar-refractivity contribution in [3.63, 3.8) is 0 Å². The summed E-state index contributed by atoms with van der Waals surface area (Å²) >= 11 is 0. The van der Waals surface area contributed by atoms with Crippen LogP contribution in [0.1, 0.15) is 26.2 Å². The molecule has 9 nitrogen and oxygen atoms in total. The highest BCUT2D eigenvalue weighted by Crippen LogP contribution is 2.27. The van der Waals surface area contributed by atoms with E-state index in [0.29, 0.717) is 12.0 Å². The Kier molecular flexibility index (Phi) is 5.63. The first-order valence-corrected chi connectivity index (χ1v) is 9.79. The van der Waals surface area contributed by atoms with Gasteiger partial charge >= 0.3 is 0 Å². The topological polar surface area (TPSA) is 124 Å². The van der Waals surface area contributed by atoms with Crippen LogP contribution in [-0.2, 0) is 0 Å². The van der Waals surface area contributed by atoms with Gasteiger partial charge in [-0.15, -0.1) is 0 Å². The van der Waals surface area contributed by atoms with Crippen molar-refractivity contribution in [1.29, 1.82) is 0 Å². The van der Waals surface area contributed by atoms with Crippen molar-refractivity contribution >= 4 is 22.9 Å². The SMILES string of the molecule is CC[C@H](CO)Nc1ncc(-c2cnc3[nH]ccc3n2)c(NC2CCCNC2)n1. The second kappa shape index (κ2) is 8.49. The lowest BCUT2D eigenvalue weighted by atomic mass is 10.1. The van der Waals surface area contributed by atoms with Gasteiger partial charge in [0.1, 0.15) is 11.3 Å². The van der Waals surface area contributed by atoms with Gasteiger partial charge in [-0.3, -0.25) is 0 Å². The Morgan fingerprint density at radius 1 is 1.29 bits per heavy atom. The summed E-state index contributed by atoms with van der Waals surface area (Å²) in [6.07, 6.45) is 8.31. The molecule has 1 saturated heterocycles. The molecule has 1 aliphatic heterocycles. The molecule has 1 unspecified atom stereocenters. The Balaban J connectivity index is 1.68. The molecule has 0 aromatic carbocycles. The van der Waals surface area contributed by atoms with Gasteiger partial charge in [-0.25, -0.2) is 15.0 Å². The van der Waals surface area contributed by atoms with Crippen molar-refractivity contribution in [1.82, 2.24) is 30.2 Å². The Morgan fingerprint density at radius 3 is 3.00 bits per heavy atom. The predicted octanol–water partition coefficient (Wildman–Crippen LogP) is 1.76. The second-order valence-electron chi connectivity index (χ2n) is 7.04. The number of rotatable bonds is 7. The standard InChI is InChI=1S/C19H26N8O/c1-2-12(11-28)25-19-23-9-14(16-10-22-18-15(26-16)5-7-21-18)17(27-19)24-13-4-3-6-20-8-13/h5,7,9-10,12-13,20,28H,2-4,6,8,11H2,1H3,(H,21,22)(H2,23,24,25,27)/t12-,13?/m1/s1. The number of aromatic nitrogens is 5. The number of piperidine rings is 1. The van der Waals surface area contributed by atoms with Gasteiger partial charge in [0.25, 0.3) is 0 Å². The van der Waals surface area contributed by atoms with Gasteiger partial charge in [0, 0.05) is 25.0 Å². The molecule has 3 aromatic rings. The highest BCUT2D eigenvalue weighted by molar-refractivity contribution is 5.78. The molecule has 9 heteroatoms. The number of anilines is 2. The largest absolute Gasteiger partial charge is 0.394 e. The Bertz CT molecular complexity index is 917. The molecule has 3 aromatic heterocycles. The third-order valence-corrected chi connectivity index (χ3v) is 5.01. The number of aromatic amines is 1. The number of hydrogen-bond donors (Lipinski definition) is 5. The zero-order valence-corrected chi connectivity index (χ0v) is 15.9. The van der Waals surface area contributed by atoms with E-state index in [1.165, 1.54) is 0 Å². The van der Waals surface area contributed by atoms with E-state index >= 15 is 0 Å². The van der Waals surface area contributed by atoms with Gasteiger partial charge in [-0.2, -0.15) is 4.98 Å². The van der Waals surface area contributed by atoms with Crippen molar-refractivity contribution in [3.8, 4) is 11.3 Å². The van der Waals surface area contributed by atoms with Crippen molar-refractivity contribution in [2.45, 2.75) is 38.3 Å². The average molecular weight is 382 g/mol. The van der Waals surface area contributed by atoms with Crippen LogP contribution in [0.3, 0.4) is 0 Å². The molecule has 4 rings (SSSR count). The van der Waals surface area contributed by atoms with Gasteiger partial charge in [0.05, 0.1) is 30.1 Å². The maximum absolute atomic E-state index is 9.47. The Morgan fingerprint density at radius 2 is 2.21 bits per heavy atom. The smallest absolute Gasteiger partial charge is 0.224 e. The number of aliphatic hydroxyl groups is 1. The van der Waals surface area contributed by atoms with Crippen LogP contribution in [-0.4, -0.2) is 61.8 Å². The molecular weight excluding hydrogens is 356 g/mol. The Labute approximate surface area is 163 Å².